The van der Waals surface area contributed by atoms with Crippen molar-refractivity contribution in [3.8, 4) is 0 Å². The molecule has 132 valence electrons. The smallest absolute Gasteiger partial charge is 0.223 e. The molecule has 0 unspecified atom stereocenters. The highest BCUT2D eigenvalue weighted by atomic mass is 19.1. The number of aromatic nitrogens is 2. The van der Waals surface area contributed by atoms with Crippen LogP contribution in [0.4, 0.5) is 4.39 Å². The molecule has 1 aliphatic rings. The first-order valence-electron chi connectivity index (χ1n) is 8.79. The maximum atomic E-state index is 13.0. The maximum Gasteiger partial charge on any atom is 0.223 e. The van der Waals surface area contributed by atoms with Crippen LogP contribution >= 0.6 is 0 Å². The van der Waals surface area contributed by atoms with Gasteiger partial charge in [-0.15, -0.1) is 0 Å². The molecule has 1 aromatic heterocycles. The number of rotatable bonds is 4. The number of aryl methyl sites for hydroxylation is 1. The predicted molar refractivity (Wildman–Crippen MR) is 96.7 cm³/mol. The molecule has 0 spiro atoms. The quantitative estimate of drug-likeness (QED) is 0.720. The number of hydrogen-bond donors (Lipinski definition) is 0. The van der Waals surface area contributed by atoms with E-state index in [0.29, 0.717) is 25.9 Å². The van der Waals surface area contributed by atoms with Gasteiger partial charge in [-0.3, -0.25) is 4.79 Å². The topological polar surface area (TPSA) is 38.1 Å². The summed E-state index contributed by atoms with van der Waals surface area (Å²) in [6.45, 7) is 1.22. The van der Waals surface area contributed by atoms with Crippen LogP contribution in [0.25, 0.3) is 0 Å². The van der Waals surface area contributed by atoms with Crippen molar-refractivity contribution >= 4 is 5.91 Å². The first-order valence-corrected chi connectivity index (χ1v) is 8.79. The molecular formula is C21H20FN3O. The van der Waals surface area contributed by atoms with Crippen LogP contribution in [0.2, 0.25) is 0 Å². The van der Waals surface area contributed by atoms with Gasteiger partial charge in [0.15, 0.2) is 0 Å². The fourth-order valence-corrected chi connectivity index (χ4v) is 3.47. The Morgan fingerprint density at radius 3 is 2.65 bits per heavy atom. The zero-order valence-electron chi connectivity index (χ0n) is 14.4. The van der Waals surface area contributed by atoms with E-state index in [1.165, 1.54) is 12.1 Å². The van der Waals surface area contributed by atoms with Crippen molar-refractivity contribution in [2.45, 2.75) is 32.0 Å². The van der Waals surface area contributed by atoms with Gasteiger partial charge in [0.05, 0.1) is 12.6 Å². The zero-order chi connectivity index (χ0) is 17.9. The van der Waals surface area contributed by atoms with Crippen LogP contribution in [0.5, 0.6) is 0 Å². The molecule has 1 aliphatic heterocycles. The lowest BCUT2D eigenvalue weighted by atomic mass is 10.0. The third-order valence-electron chi connectivity index (χ3n) is 4.90. The van der Waals surface area contributed by atoms with E-state index >= 15 is 0 Å². The minimum Gasteiger partial charge on any atom is -0.331 e. The van der Waals surface area contributed by atoms with E-state index in [-0.39, 0.29) is 17.8 Å². The minimum absolute atomic E-state index is 0.00128. The van der Waals surface area contributed by atoms with Gasteiger partial charge in [-0.2, -0.15) is 0 Å². The van der Waals surface area contributed by atoms with E-state index in [4.69, 9.17) is 0 Å². The summed E-state index contributed by atoms with van der Waals surface area (Å²) in [5, 5.41) is 0. The summed E-state index contributed by atoms with van der Waals surface area (Å²) >= 11 is 0. The fraction of sp³-hybridized carbons (Fsp3) is 0.238. The number of amides is 1. The van der Waals surface area contributed by atoms with Gasteiger partial charge >= 0.3 is 0 Å². The summed E-state index contributed by atoms with van der Waals surface area (Å²) in [6, 6.07) is 16.4. The van der Waals surface area contributed by atoms with Gasteiger partial charge in [-0.05, 0) is 29.7 Å². The molecular weight excluding hydrogens is 329 g/mol. The molecule has 5 heteroatoms. The molecule has 0 fully saturated rings. The summed E-state index contributed by atoms with van der Waals surface area (Å²) in [6.07, 6.45) is 4.75. The minimum atomic E-state index is -0.257. The maximum absolute atomic E-state index is 13.0. The Hall–Kier alpha value is -2.95. The molecule has 0 aliphatic carbocycles. The molecule has 0 saturated carbocycles. The molecule has 0 bridgehead atoms. The number of imidazole rings is 1. The number of nitrogens with zero attached hydrogens (tertiary/aromatic N) is 3. The van der Waals surface area contributed by atoms with E-state index in [1.807, 2.05) is 29.3 Å². The van der Waals surface area contributed by atoms with Crippen molar-refractivity contribution in [3.05, 3.63) is 89.8 Å². The van der Waals surface area contributed by atoms with Gasteiger partial charge in [-0.25, -0.2) is 9.37 Å². The lowest BCUT2D eigenvalue weighted by molar-refractivity contribution is -0.135. The lowest BCUT2D eigenvalue weighted by Gasteiger charge is -2.36. The molecule has 1 atom stereocenters. The summed E-state index contributed by atoms with van der Waals surface area (Å²) in [5.41, 5.74) is 2.09. The zero-order valence-corrected chi connectivity index (χ0v) is 14.4. The third-order valence-corrected chi connectivity index (χ3v) is 4.90. The molecule has 2 aromatic carbocycles. The summed E-state index contributed by atoms with van der Waals surface area (Å²) in [5.74, 6) is 0.747. The Labute approximate surface area is 151 Å². The molecule has 26 heavy (non-hydrogen) atoms. The number of fused-ring (bicyclic) bond motifs is 1. The van der Waals surface area contributed by atoms with Crippen molar-refractivity contribution in [1.29, 1.82) is 0 Å². The average molecular weight is 349 g/mol. The third kappa shape index (κ3) is 3.38. The lowest BCUT2D eigenvalue weighted by Crippen LogP contribution is -2.41. The van der Waals surface area contributed by atoms with Crippen LogP contribution in [0.3, 0.4) is 0 Å². The van der Waals surface area contributed by atoms with E-state index in [1.54, 1.807) is 18.3 Å². The second-order valence-corrected chi connectivity index (χ2v) is 6.57. The Bertz CT molecular complexity index is 889. The van der Waals surface area contributed by atoms with Gasteiger partial charge in [0.2, 0.25) is 5.91 Å². The Morgan fingerprint density at radius 1 is 1.12 bits per heavy atom. The highest BCUT2D eigenvalue weighted by molar-refractivity contribution is 5.77. The highest BCUT2D eigenvalue weighted by Crippen LogP contribution is 2.29. The van der Waals surface area contributed by atoms with Crippen LogP contribution in [-0.2, 0) is 24.3 Å². The molecule has 0 N–H and O–H groups in total. The second kappa shape index (κ2) is 7.12. The highest BCUT2D eigenvalue weighted by Gasteiger charge is 2.30. The number of carbonyl (C=O) groups excluding carboxylic acids is 1. The van der Waals surface area contributed by atoms with E-state index < -0.39 is 0 Å². The van der Waals surface area contributed by atoms with Crippen LogP contribution in [0.1, 0.15) is 29.4 Å². The Kier molecular flexibility index (Phi) is 4.52. The molecule has 0 saturated heterocycles. The van der Waals surface area contributed by atoms with E-state index in [9.17, 15) is 9.18 Å². The number of hydrogen-bond acceptors (Lipinski definition) is 2. The summed E-state index contributed by atoms with van der Waals surface area (Å²) in [7, 11) is 0. The summed E-state index contributed by atoms with van der Waals surface area (Å²) in [4.78, 5) is 19.3. The molecule has 4 nitrogen and oxygen atoms in total. The van der Waals surface area contributed by atoms with E-state index in [0.717, 1.165) is 17.0 Å². The molecule has 4 rings (SSSR count). The first-order chi connectivity index (χ1) is 12.7. The predicted octanol–water partition coefficient (Wildman–Crippen LogP) is 3.74. The van der Waals surface area contributed by atoms with E-state index in [2.05, 4.69) is 21.7 Å². The van der Waals surface area contributed by atoms with Crippen LogP contribution < -0.4 is 0 Å². The normalized spacial score (nSPS) is 16.3. The Morgan fingerprint density at radius 2 is 1.88 bits per heavy atom. The van der Waals surface area contributed by atoms with Crippen molar-refractivity contribution < 1.29 is 9.18 Å². The monoisotopic (exact) mass is 349 g/mol. The second-order valence-electron chi connectivity index (χ2n) is 6.57. The van der Waals surface area contributed by atoms with Crippen molar-refractivity contribution in [2.75, 3.05) is 0 Å². The Balaban J connectivity index is 1.53. The van der Waals surface area contributed by atoms with Crippen molar-refractivity contribution in [1.82, 2.24) is 14.5 Å². The molecule has 1 amide bonds. The van der Waals surface area contributed by atoms with Crippen LogP contribution in [0.15, 0.2) is 67.0 Å². The average Bonchev–Trinajstić information content (AvgIpc) is 3.14. The van der Waals surface area contributed by atoms with Gasteiger partial charge in [0.1, 0.15) is 11.6 Å². The SMILES string of the molecule is O=C(CCc1ccc(F)cc1)N1Cc2nccn2C[C@H]1c1ccccc1. The summed E-state index contributed by atoms with van der Waals surface area (Å²) < 4.78 is 15.2. The van der Waals surface area contributed by atoms with Crippen LogP contribution in [0, 0.1) is 5.82 Å². The largest absolute Gasteiger partial charge is 0.331 e. The van der Waals surface area contributed by atoms with Gasteiger partial charge in [0.25, 0.3) is 0 Å². The fourth-order valence-electron chi connectivity index (χ4n) is 3.47. The number of benzene rings is 2. The van der Waals surface area contributed by atoms with Crippen molar-refractivity contribution in [3.63, 3.8) is 0 Å². The van der Waals surface area contributed by atoms with Gasteiger partial charge in [-0.1, -0.05) is 42.5 Å². The first kappa shape index (κ1) is 16.5. The molecule has 2 heterocycles. The molecule has 0 radical (unpaired) electrons. The number of halogens is 1. The van der Waals surface area contributed by atoms with Gasteiger partial charge in [0, 0.05) is 25.4 Å². The molecule has 3 aromatic rings. The number of carbonyl (C=O) groups is 1. The standard InChI is InChI=1S/C21H20FN3O/c22-18-9-6-16(7-10-18)8-11-21(26)25-15-20-23-12-13-24(20)14-19(25)17-4-2-1-3-5-17/h1-7,9-10,12-13,19H,8,11,14-15H2/t19-/m0/s1. The van der Waals surface area contributed by atoms with Gasteiger partial charge < -0.3 is 9.47 Å². The van der Waals surface area contributed by atoms with Crippen LogP contribution in [-0.4, -0.2) is 20.4 Å². The van der Waals surface area contributed by atoms with Crippen molar-refractivity contribution in [2.24, 2.45) is 0 Å².